The Balaban J connectivity index is 1.43. The minimum atomic E-state index is -0.451. The second kappa shape index (κ2) is 8.69. The van der Waals surface area contributed by atoms with Gasteiger partial charge in [0.1, 0.15) is 11.4 Å². The third kappa shape index (κ3) is 4.27. The van der Waals surface area contributed by atoms with Crippen LogP contribution in [-0.4, -0.2) is 38.2 Å². The Labute approximate surface area is 175 Å². The second-order valence-corrected chi connectivity index (χ2v) is 7.22. The summed E-state index contributed by atoms with van der Waals surface area (Å²) in [6, 6.07) is 16.9. The van der Waals surface area contributed by atoms with E-state index in [4.69, 9.17) is 0 Å². The number of fused-ring (bicyclic) bond motifs is 1. The number of thioether (sulfide) groups is 1. The van der Waals surface area contributed by atoms with Gasteiger partial charge in [-0.2, -0.15) is 0 Å². The van der Waals surface area contributed by atoms with Crippen LogP contribution in [0.5, 0.6) is 0 Å². The summed E-state index contributed by atoms with van der Waals surface area (Å²) in [7, 11) is 0. The van der Waals surface area contributed by atoms with Crippen LogP contribution in [0.25, 0.3) is 11.8 Å². The Hall–Kier alpha value is -3.81. The molecular formula is C21H16N6O2S. The van der Waals surface area contributed by atoms with Crippen LogP contribution in [0, 0.1) is 6.92 Å². The molecule has 3 aromatic rings. The zero-order valence-corrected chi connectivity index (χ0v) is 16.8. The number of nitrogens with one attached hydrogen (secondary N) is 1. The number of aryl methyl sites for hydroxylation is 1. The fourth-order valence-corrected chi connectivity index (χ4v) is 3.59. The summed E-state index contributed by atoms with van der Waals surface area (Å²) in [5.41, 5.74) is 3.47. The number of hydrogen-bond acceptors (Lipinski definition) is 6. The first-order valence-electron chi connectivity index (χ1n) is 9.03. The molecule has 2 heterocycles. The predicted molar refractivity (Wildman–Crippen MR) is 113 cm³/mol. The molecule has 0 saturated carbocycles. The van der Waals surface area contributed by atoms with Crippen LogP contribution < -0.4 is 16.0 Å². The average Bonchev–Trinajstić information content (AvgIpc) is 3.13. The Morgan fingerprint density at radius 3 is 2.73 bits per heavy atom. The van der Waals surface area contributed by atoms with Gasteiger partial charge in [-0.1, -0.05) is 48.2 Å². The van der Waals surface area contributed by atoms with Crippen molar-refractivity contribution in [2.45, 2.75) is 12.1 Å². The molecule has 1 aromatic heterocycles. The summed E-state index contributed by atoms with van der Waals surface area (Å²) in [6.45, 7) is 1.85. The maximum atomic E-state index is 12.1. The smallest absolute Gasteiger partial charge is 0.274 e. The van der Waals surface area contributed by atoms with E-state index >= 15 is 0 Å². The maximum absolute atomic E-state index is 12.1. The van der Waals surface area contributed by atoms with Crippen molar-refractivity contribution in [2.75, 3.05) is 5.75 Å². The van der Waals surface area contributed by atoms with Crippen molar-refractivity contribution in [1.29, 1.82) is 0 Å². The van der Waals surface area contributed by atoms with Gasteiger partial charge in [-0.15, -0.1) is 15.3 Å². The zero-order valence-electron chi connectivity index (χ0n) is 15.9. The highest BCUT2D eigenvalue weighted by Gasteiger charge is 2.13. The summed E-state index contributed by atoms with van der Waals surface area (Å²) >= 11 is 1.24. The molecule has 148 valence electrons. The highest BCUT2D eigenvalue weighted by Crippen LogP contribution is 2.21. The van der Waals surface area contributed by atoms with Crippen molar-refractivity contribution >= 4 is 35.5 Å². The molecule has 0 bridgehead atoms. The van der Waals surface area contributed by atoms with Crippen LogP contribution in [0.15, 0.2) is 75.4 Å². The van der Waals surface area contributed by atoms with Crippen molar-refractivity contribution in [3.8, 4) is 5.69 Å². The number of amides is 2. The van der Waals surface area contributed by atoms with Gasteiger partial charge in [0.15, 0.2) is 5.16 Å². The van der Waals surface area contributed by atoms with Crippen LogP contribution in [0.2, 0.25) is 0 Å². The van der Waals surface area contributed by atoms with Gasteiger partial charge in [-0.05, 0) is 31.2 Å². The molecule has 8 nitrogen and oxygen atoms in total. The van der Waals surface area contributed by atoms with Gasteiger partial charge in [0.2, 0.25) is 0 Å². The normalized spacial score (nSPS) is 12.3. The number of rotatable bonds is 5. The predicted octanol–water partition coefficient (Wildman–Crippen LogP) is 0.936. The fraction of sp³-hybridized carbons (Fsp3) is 0.0952. The number of hydrogen-bond donors (Lipinski definition) is 1. The van der Waals surface area contributed by atoms with E-state index in [2.05, 4.69) is 31.6 Å². The Morgan fingerprint density at radius 1 is 1.13 bits per heavy atom. The van der Waals surface area contributed by atoms with Crippen molar-refractivity contribution < 1.29 is 9.59 Å². The number of nitrogens with zero attached hydrogens (tertiary/aromatic N) is 5. The number of aromatic nitrogens is 3. The van der Waals surface area contributed by atoms with Gasteiger partial charge >= 0.3 is 0 Å². The molecule has 0 atom stereocenters. The minimum absolute atomic E-state index is 0.0797. The third-order valence-electron chi connectivity index (χ3n) is 4.19. The van der Waals surface area contributed by atoms with Gasteiger partial charge in [0.05, 0.1) is 11.1 Å². The van der Waals surface area contributed by atoms with E-state index in [-0.39, 0.29) is 17.2 Å². The van der Waals surface area contributed by atoms with Crippen molar-refractivity contribution in [3.05, 3.63) is 76.6 Å². The highest BCUT2D eigenvalue weighted by atomic mass is 32.2. The second-order valence-electron chi connectivity index (χ2n) is 6.28. The van der Waals surface area contributed by atoms with Crippen molar-refractivity contribution in [2.24, 2.45) is 10.1 Å². The van der Waals surface area contributed by atoms with Crippen molar-refractivity contribution in [1.82, 2.24) is 20.2 Å². The Morgan fingerprint density at radius 2 is 1.90 bits per heavy atom. The van der Waals surface area contributed by atoms with Crippen LogP contribution in [0.1, 0.15) is 5.82 Å². The largest absolute Gasteiger partial charge is 0.287 e. The van der Waals surface area contributed by atoms with Crippen LogP contribution >= 0.6 is 11.8 Å². The number of carbonyl (C=O) groups excluding carboxylic acids is 2. The summed E-state index contributed by atoms with van der Waals surface area (Å²) < 4.78 is 1.87. The molecule has 2 aromatic carbocycles. The van der Waals surface area contributed by atoms with E-state index in [1.54, 1.807) is 12.1 Å². The molecule has 1 aliphatic heterocycles. The van der Waals surface area contributed by atoms with Crippen molar-refractivity contribution in [3.63, 3.8) is 0 Å². The molecule has 1 N–H and O–H groups in total. The number of para-hydroxylation sites is 2. The first-order valence-corrected chi connectivity index (χ1v) is 10.0. The van der Waals surface area contributed by atoms with Gasteiger partial charge in [-0.25, -0.2) is 10.4 Å². The molecule has 2 amide bonds. The van der Waals surface area contributed by atoms with Crippen LogP contribution in [-0.2, 0) is 9.59 Å². The zero-order chi connectivity index (χ0) is 20.9. The molecule has 0 aliphatic carbocycles. The first-order chi connectivity index (χ1) is 14.6. The quantitative estimate of drug-likeness (QED) is 0.289. The minimum Gasteiger partial charge on any atom is -0.274 e. The summed E-state index contributed by atoms with van der Waals surface area (Å²) in [4.78, 5) is 28.1. The number of hydrazone groups is 1. The van der Waals surface area contributed by atoms with E-state index in [0.29, 0.717) is 10.5 Å². The molecule has 1 aliphatic rings. The number of benzene rings is 2. The molecule has 0 fully saturated rings. The van der Waals surface area contributed by atoms with Gasteiger partial charge in [0, 0.05) is 16.8 Å². The molecule has 0 spiro atoms. The third-order valence-corrected chi connectivity index (χ3v) is 5.12. The van der Waals surface area contributed by atoms with E-state index in [9.17, 15) is 9.59 Å². The number of carbonyl (C=O) groups is 2. The van der Waals surface area contributed by atoms with Crippen LogP contribution in [0.4, 0.5) is 0 Å². The van der Waals surface area contributed by atoms with E-state index in [0.717, 1.165) is 16.7 Å². The van der Waals surface area contributed by atoms with E-state index in [1.165, 1.54) is 11.8 Å². The molecular weight excluding hydrogens is 400 g/mol. The topological polar surface area (TPSA) is 102 Å². The SMILES string of the molecule is Cc1nnc(SCC(=O)NN=C=C2C=c3ccccc3=NC2=O)n1-c1ccccc1. The summed E-state index contributed by atoms with van der Waals surface area (Å²) in [5, 5.41) is 14.0. The molecule has 0 unspecified atom stereocenters. The van der Waals surface area contributed by atoms with E-state index in [1.807, 2.05) is 60.0 Å². The van der Waals surface area contributed by atoms with Gasteiger partial charge < -0.3 is 0 Å². The monoisotopic (exact) mass is 416 g/mol. The average molecular weight is 416 g/mol. The summed E-state index contributed by atoms with van der Waals surface area (Å²) in [6.07, 6.45) is 1.64. The van der Waals surface area contributed by atoms with Gasteiger partial charge in [0.25, 0.3) is 11.8 Å². The lowest BCUT2D eigenvalue weighted by Crippen LogP contribution is -2.30. The Bertz CT molecular complexity index is 1310. The lowest BCUT2D eigenvalue weighted by Gasteiger charge is -2.07. The Kier molecular flexibility index (Phi) is 5.65. The highest BCUT2D eigenvalue weighted by molar-refractivity contribution is 7.99. The summed E-state index contributed by atoms with van der Waals surface area (Å²) in [5.74, 6) is 2.55. The lowest BCUT2D eigenvalue weighted by molar-refractivity contribution is -0.118. The first kappa shape index (κ1) is 19.5. The molecule has 30 heavy (non-hydrogen) atoms. The molecule has 0 radical (unpaired) electrons. The fourth-order valence-electron chi connectivity index (χ4n) is 2.80. The molecule has 4 rings (SSSR count). The van der Waals surface area contributed by atoms with E-state index < -0.39 is 5.91 Å². The lowest BCUT2D eigenvalue weighted by atomic mass is 10.1. The molecule has 9 heteroatoms. The van der Waals surface area contributed by atoms with Crippen LogP contribution in [0.3, 0.4) is 0 Å². The maximum Gasteiger partial charge on any atom is 0.287 e. The van der Waals surface area contributed by atoms with Gasteiger partial charge in [-0.3, -0.25) is 14.2 Å². The standard InChI is InChI=1S/C21H16N6O2S/c1-14-24-26-21(27(14)17-8-3-2-4-9-17)30-13-19(28)25-22-12-16-11-15-7-5-6-10-18(15)23-20(16)29/h2-11H,13H2,1H3,(H,25,28). The molecule has 0 saturated heterocycles.